The molecule has 0 bridgehead atoms. The summed E-state index contributed by atoms with van der Waals surface area (Å²) in [7, 11) is -2.06. The highest BCUT2D eigenvalue weighted by molar-refractivity contribution is 7.89. The van der Waals surface area contributed by atoms with Crippen molar-refractivity contribution in [3.63, 3.8) is 0 Å². The molecule has 1 amide bonds. The van der Waals surface area contributed by atoms with Crippen LogP contribution in [0.5, 0.6) is 0 Å². The smallest absolute Gasteiger partial charge is 0.255 e. The summed E-state index contributed by atoms with van der Waals surface area (Å²) >= 11 is 0. The monoisotopic (exact) mass is 439 g/mol. The van der Waals surface area contributed by atoms with Crippen LogP contribution in [-0.2, 0) is 10.0 Å². The third-order valence-corrected chi connectivity index (χ3v) is 7.52. The van der Waals surface area contributed by atoms with Crippen LogP contribution in [0.2, 0.25) is 0 Å². The van der Waals surface area contributed by atoms with E-state index in [2.05, 4.69) is 15.4 Å². The van der Waals surface area contributed by atoms with Gasteiger partial charge in [0.25, 0.3) is 5.91 Å². The molecule has 0 aliphatic heterocycles. The summed E-state index contributed by atoms with van der Waals surface area (Å²) in [5.74, 6) is 0.0560. The van der Waals surface area contributed by atoms with Gasteiger partial charge in [0.2, 0.25) is 10.0 Å². The average Bonchev–Trinajstić information content (AvgIpc) is 3.34. The van der Waals surface area contributed by atoms with E-state index in [4.69, 9.17) is 0 Å². The number of hydrogen-bond acceptors (Lipinski definition) is 5. The Balaban J connectivity index is 1.57. The van der Waals surface area contributed by atoms with Crippen LogP contribution >= 0.6 is 0 Å². The molecular formula is C22H25N5O3S. The van der Waals surface area contributed by atoms with Crippen LogP contribution in [-0.4, -0.2) is 46.5 Å². The summed E-state index contributed by atoms with van der Waals surface area (Å²) in [5, 5.41) is 6.97. The van der Waals surface area contributed by atoms with E-state index in [1.165, 1.54) is 16.4 Å². The molecule has 1 saturated carbocycles. The van der Waals surface area contributed by atoms with Gasteiger partial charge < -0.3 is 5.32 Å². The van der Waals surface area contributed by atoms with Gasteiger partial charge in [0.05, 0.1) is 10.6 Å². The fourth-order valence-corrected chi connectivity index (χ4v) is 5.33. The normalized spacial score (nSPS) is 15.2. The largest absolute Gasteiger partial charge is 0.319 e. The zero-order valence-corrected chi connectivity index (χ0v) is 18.1. The second-order valence-corrected chi connectivity index (χ2v) is 9.62. The van der Waals surface area contributed by atoms with Crippen molar-refractivity contribution in [1.29, 1.82) is 0 Å². The van der Waals surface area contributed by atoms with Crippen molar-refractivity contribution in [2.24, 2.45) is 0 Å². The molecule has 0 unspecified atom stereocenters. The van der Waals surface area contributed by atoms with E-state index in [0.29, 0.717) is 11.5 Å². The topological polar surface area (TPSA) is 97.2 Å². The molecule has 0 saturated heterocycles. The molecule has 9 heteroatoms. The maximum absolute atomic E-state index is 13.1. The lowest BCUT2D eigenvalue weighted by Gasteiger charge is -2.30. The first kappa shape index (κ1) is 21.2. The summed E-state index contributed by atoms with van der Waals surface area (Å²) in [5.41, 5.74) is 0.733. The average molecular weight is 440 g/mol. The first-order valence-corrected chi connectivity index (χ1v) is 11.8. The lowest BCUT2D eigenvalue weighted by molar-refractivity contribution is 0.102. The Kier molecular flexibility index (Phi) is 6.15. The van der Waals surface area contributed by atoms with Crippen LogP contribution in [0, 0.1) is 0 Å². The van der Waals surface area contributed by atoms with Gasteiger partial charge in [0, 0.05) is 37.2 Å². The minimum absolute atomic E-state index is 0.00301. The number of nitrogens with zero attached hydrogens (tertiary/aromatic N) is 4. The van der Waals surface area contributed by atoms with E-state index in [0.717, 1.165) is 32.1 Å². The predicted octanol–water partition coefficient (Wildman–Crippen LogP) is 3.47. The molecule has 0 atom stereocenters. The highest BCUT2D eigenvalue weighted by Crippen LogP contribution is 2.27. The van der Waals surface area contributed by atoms with E-state index in [1.54, 1.807) is 60.7 Å². The number of pyridine rings is 1. The van der Waals surface area contributed by atoms with Crippen molar-refractivity contribution in [2.45, 2.75) is 43.0 Å². The quantitative estimate of drug-likeness (QED) is 0.634. The number of aromatic nitrogens is 3. The maximum atomic E-state index is 13.1. The van der Waals surface area contributed by atoms with Crippen LogP contribution in [0.3, 0.4) is 0 Å². The number of hydrogen-bond donors (Lipinski definition) is 1. The Morgan fingerprint density at radius 2 is 1.90 bits per heavy atom. The van der Waals surface area contributed by atoms with Crippen molar-refractivity contribution in [3.05, 3.63) is 66.6 Å². The van der Waals surface area contributed by atoms with Gasteiger partial charge in [0.1, 0.15) is 0 Å². The summed E-state index contributed by atoms with van der Waals surface area (Å²) in [6.45, 7) is 0. The first-order valence-electron chi connectivity index (χ1n) is 10.3. The van der Waals surface area contributed by atoms with Crippen molar-refractivity contribution in [1.82, 2.24) is 19.1 Å². The van der Waals surface area contributed by atoms with E-state index in [-0.39, 0.29) is 16.5 Å². The number of carbonyl (C=O) groups is 1. The van der Waals surface area contributed by atoms with E-state index in [1.807, 2.05) is 0 Å². The van der Waals surface area contributed by atoms with Crippen LogP contribution in [0.25, 0.3) is 5.82 Å². The van der Waals surface area contributed by atoms with Gasteiger partial charge in [-0.15, -0.1) is 0 Å². The minimum atomic E-state index is -3.68. The third kappa shape index (κ3) is 4.52. The Hall–Kier alpha value is -3.04. The standard InChI is InChI=1S/C22H25N5O3S/c1-26(18-9-3-2-4-10-18)31(29,30)19-11-5-8-17(16-19)22(28)25-20-12-6-13-23-21(20)27-15-7-14-24-27/h5-8,11-16,18H,2-4,9-10H2,1H3,(H,25,28). The number of anilines is 1. The lowest BCUT2D eigenvalue weighted by atomic mass is 9.96. The molecule has 31 heavy (non-hydrogen) atoms. The highest BCUT2D eigenvalue weighted by atomic mass is 32.2. The van der Waals surface area contributed by atoms with Gasteiger partial charge in [-0.25, -0.2) is 18.1 Å². The van der Waals surface area contributed by atoms with E-state index in [9.17, 15) is 13.2 Å². The zero-order chi connectivity index (χ0) is 21.8. The second kappa shape index (κ2) is 8.99. The molecule has 162 valence electrons. The van der Waals surface area contributed by atoms with Crippen LogP contribution in [0.15, 0.2) is 66.0 Å². The van der Waals surface area contributed by atoms with Gasteiger partial charge in [-0.3, -0.25) is 4.79 Å². The molecule has 3 aromatic rings. The van der Waals surface area contributed by atoms with Crippen molar-refractivity contribution >= 4 is 21.6 Å². The highest BCUT2D eigenvalue weighted by Gasteiger charge is 2.29. The molecule has 8 nitrogen and oxygen atoms in total. The molecular weight excluding hydrogens is 414 g/mol. The number of rotatable bonds is 6. The summed E-state index contributed by atoms with van der Waals surface area (Å²) < 4.78 is 29.3. The molecule has 1 fully saturated rings. The molecule has 4 rings (SSSR count). The first-order chi connectivity index (χ1) is 15.0. The molecule has 1 aliphatic carbocycles. The zero-order valence-electron chi connectivity index (χ0n) is 17.3. The molecule has 0 spiro atoms. The van der Waals surface area contributed by atoms with Crippen LogP contribution in [0.1, 0.15) is 42.5 Å². The number of amides is 1. The van der Waals surface area contributed by atoms with Gasteiger partial charge in [-0.1, -0.05) is 25.3 Å². The predicted molar refractivity (Wildman–Crippen MR) is 118 cm³/mol. The van der Waals surface area contributed by atoms with Gasteiger partial charge in [0.15, 0.2) is 5.82 Å². The van der Waals surface area contributed by atoms with E-state index >= 15 is 0 Å². The molecule has 1 aliphatic rings. The minimum Gasteiger partial charge on any atom is -0.319 e. The SMILES string of the molecule is CN(C1CCCCC1)S(=O)(=O)c1cccc(C(=O)Nc2cccnc2-n2cccn2)c1. The summed E-state index contributed by atoms with van der Waals surface area (Å²) in [4.78, 5) is 17.3. The van der Waals surface area contributed by atoms with Gasteiger partial charge in [-0.05, 0) is 49.2 Å². The van der Waals surface area contributed by atoms with Crippen molar-refractivity contribution in [3.8, 4) is 5.82 Å². The number of benzene rings is 1. The molecule has 0 radical (unpaired) electrons. The summed E-state index contributed by atoms with van der Waals surface area (Å²) in [6.07, 6.45) is 9.92. The van der Waals surface area contributed by atoms with Gasteiger partial charge in [-0.2, -0.15) is 9.40 Å². The summed E-state index contributed by atoms with van der Waals surface area (Å²) in [6, 6.07) is 11.3. The number of carbonyl (C=O) groups excluding carboxylic acids is 1. The second-order valence-electron chi connectivity index (χ2n) is 7.62. The fraction of sp³-hybridized carbons (Fsp3) is 0.318. The van der Waals surface area contributed by atoms with Crippen LogP contribution in [0.4, 0.5) is 5.69 Å². The number of sulfonamides is 1. The van der Waals surface area contributed by atoms with Gasteiger partial charge >= 0.3 is 0 Å². The number of nitrogens with one attached hydrogen (secondary N) is 1. The van der Waals surface area contributed by atoms with Crippen molar-refractivity contribution in [2.75, 3.05) is 12.4 Å². The third-order valence-electron chi connectivity index (χ3n) is 5.62. The van der Waals surface area contributed by atoms with E-state index < -0.39 is 15.9 Å². The van der Waals surface area contributed by atoms with Crippen LogP contribution < -0.4 is 5.32 Å². The molecule has 1 N–H and O–H groups in total. The fourth-order valence-electron chi connectivity index (χ4n) is 3.87. The Morgan fingerprint density at radius 1 is 1.10 bits per heavy atom. The molecule has 2 aromatic heterocycles. The maximum Gasteiger partial charge on any atom is 0.255 e. The molecule has 2 heterocycles. The lowest BCUT2D eigenvalue weighted by Crippen LogP contribution is -2.38. The Bertz CT molecular complexity index is 1160. The Morgan fingerprint density at radius 3 is 2.65 bits per heavy atom. The van der Waals surface area contributed by atoms with Crippen molar-refractivity contribution < 1.29 is 13.2 Å². The molecule has 1 aromatic carbocycles. The Labute approximate surface area is 182 Å².